The number of aromatic amines is 1. The summed E-state index contributed by atoms with van der Waals surface area (Å²) in [5.74, 6) is -0.411. The number of halogens is 2. The number of nitrogens with zero attached hydrogens (tertiary/aromatic N) is 3. The lowest BCUT2D eigenvalue weighted by atomic mass is 10.0. The number of pyridine rings is 3. The predicted octanol–water partition coefficient (Wildman–Crippen LogP) is 4.94. The molecular formula is C21H18BrFN4. The first kappa shape index (κ1) is 17.8. The Kier molecular flexibility index (Phi) is 4.99. The Morgan fingerprint density at radius 1 is 1.00 bits per heavy atom. The zero-order chi connectivity index (χ0) is 18.8. The van der Waals surface area contributed by atoms with Gasteiger partial charge in [-0.15, -0.1) is 0 Å². The van der Waals surface area contributed by atoms with Crippen molar-refractivity contribution in [1.29, 1.82) is 0 Å². The third-order valence-electron chi connectivity index (χ3n) is 4.54. The Morgan fingerprint density at radius 2 is 1.81 bits per heavy atom. The van der Waals surface area contributed by atoms with Crippen LogP contribution in [0.25, 0.3) is 11.0 Å². The van der Waals surface area contributed by atoms with Gasteiger partial charge in [-0.3, -0.25) is 4.98 Å². The summed E-state index contributed by atoms with van der Waals surface area (Å²) in [4.78, 5) is 16.0. The molecule has 0 fully saturated rings. The molecule has 136 valence electrons. The maximum Gasteiger partial charge on any atom is 0.216 e. The molecule has 0 atom stereocenters. The van der Waals surface area contributed by atoms with Crippen LogP contribution in [0.2, 0.25) is 0 Å². The number of nitrogens with one attached hydrogen (secondary N) is 1. The van der Waals surface area contributed by atoms with Crippen molar-refractivity contribution in [2.24, 2.45) is 0 Å². The lowest BCUT2D eigenvalue weighted by Gasteiger charge is -2.06. The standard InChI is InChI=1S/C21H18BrFN4/c1-13-8-19-15(11-26-21(19)25-10-13)9-14-2-4-18(27-20(14)23)7-6-17-5-3-16(22)12-24-17/h2-5,8,10-12H,6-7,9H2,1H3,(H,25,26). The minimum atomic E-state index is -0.411. The molecule has 4 aromatic heterocycles. The highest BCUT2D eigenvalue weighted by atomic mass is 79.9. The normalized spacial score (nSPS) is 11.2. The zero-order valence-electron chi connectivity index (χ0n) is 14.8. The van der Waals surface area contributed by atoms with Gasteiger partial charge < -0.3 is 4.98 Å². The highest BCUT2D eigenvalue weighted by Gasteiger charge is 2.11. The summed E-state index contributed by atoms with van der Waals surface area (Å²) in [6.45, 7) is 2.00. The van der Waals surface area contributed by atoms with Crippen LogP contribution in [0.1, 0.15) is 28.1 Å². The van der Waals surface area contributed by atoms with Gasteiger partial charge in [-0.1, -0.05) is 6.07 Å². The summed E-state index contributed by atoms with van der Waals surface area (Å²) in [5, 5.41) is 1.03. The Balaban J connectivity index is 1.49. The predicted molar refractivity (Wildman–Crippen MR) is 107 cm³/mol. The fraction of sp³-hybridized carbons (Fsp3) is 0.190. The number of fused-ring (bicyclic) bond motifs is 1. The third-order valence-corrected chi connectivity index (χ3v) is 5.01. The van der Waals surface area contributed by atoms with Gasteiger partial charge in [0.15, 0.2) is 0 Å². The van der Waals surface area contributed by atoms with E-state index < -0.39 is 5.95 Å². The molecule has 0 unspecified atom stereocenters. The first-order valence-corrected chi connectivity index (χ1v) is 9.55. The van der Waals surface area contributed by atoms with Crippen molar-refractivity contribution in [2.45, 2.75) is 26.2 Å². The number of hydrogen-bond donors (Lipinski definition) is 1. The molecule has 0 aromatic carbocycles. The molecule has 0 aliphatic carbocycles. The second-order valence-electron chi connectivity index (χ2n) is 6.62. The number of rotatable bonds is 5. The molecule has 0 amide bonds. The summed E-state index contributed by atoms with van der Waals surface area (Å²) < 4.78 is 15.5. The molecular weight excluding hydrogens is 407 g/mol. The van der Waals surface area contributed by atoms with Crippen molar-refractivity contribution in [3.63, 3.8) is 0 Å². The average Bonchev–Trinajstić information content (AvgIpc) is 3.05. The number of aromatic nitrogens is 4. The molecule has 0 aliphatic heterocycles. The van der Waals surface area contributed by atoms with E-state index in [2.05, 4.69) is 41.9 Å². The largest absolute Gasteiger partial charge is 0.346 e. The van der Waals surface area contributed by atoms with E-state index in [1.165, 1.54) is 0 Å². The lowest BCUT2D eigenvalue weighted by molar-refractivity contribution is 0.562. The minimum Gasteiger partial charge on any atom is -0.346 e. The molecule has 0 saturated carbocycles. The molecule has 4 nitrogen and oxygen atoms in total. The second kappa shape index (κ2) is 7.56. The topological polar surface area (TPSA) is 54.5 Å². The molecule has 27 heavy (non-hydrogen) atoms. The number of H-pyrrole nitrogens is 1. The first-order valence-electron chi connectivity index (χ1n) is 8.76. The maximum atomic E-state index is 14.5. The summed E-state index contributed by atoms with van der Waals surface area (Å²) in [7, 11) is 0. The molecule has 1 N–H and O–H groups in total. The molecule has 6 heteroatoms. The Hall–Kier alpha value is -2.60. The Morgan fingerprint density at radius 3 is 2.59 bits per heavy atom. The highest BCUT2D eigenvalue weighted by Crippen LogP contribution is 2.22. The summed E-state index contributed by atoms with van der Waals surface area (Å²) >= 11 is 3.37. The summed E-state index contributed by atoms with van der Waals surface area (Å²) in [6.07, 6.45) is 7.35. The van der Waals surface area contributed by atoms with Crippen LogP contribution in [0.5, 0.6) is 0 Å². The molecule has 4 aromatic rings. The van der Waals surface area contributed by atoms with Crippen molar-refractivity contribution < 1.29 is 4.39 Å². The molecule has 4 heterocycles. The molecule has 0 aliphatic rings. The van der Waals surface area contributed by atoms with E-state index in [-0.39, 0.29) is 0 Å². The van der Waals surface area contributed by atoms with Gasteiger partial charge >= 0.3 is 0 Å². The quantitative estimate of drug-likeness (QED) is 0.461. The van der Waals surface area contributed by atoms with Gasteiger partial charge in [-0.2, -0.15) is 4.39 Å². The Bertz CT molecular complexity index is 1090. The van der Waals surface area contributed by atoms with E-state index in [0.29, 0.717) is 18.4 Å². The smallest absolute Gasteiger partial charge is 0.216 e. The van der Waals surface area contributed by atoms with Crippen molar-refractivity contribution in [1.82, 2.24) is 19.9 Å². The van der Waals surface area contributed by atoms with E-state index in [0.717, 1.165) is 44.4 Å². The minimum absolute atomic E-state index is 0.411. The van der Waals surface area contributed by atoms with Crippen LogP contribution in [0, 0.1) is 12.9 Å². The molecule has 0 spiro atoms. The van der Waals surface area contributed by atoms with Gasteiger partial charge in [0.1, 0.15) is 5.65 Å². The summed E-state index contributed by atoms with van der Waals surface area (Å²) in [5.41, 5.74) is 5.21. The van der Waals surface area contributed by atoms with E-state index in [1.807, 2.05) is 43.6 Å². The maximum absolute atomic E-state index is 14.5. The van der Waals surface area contributed by atoms with Gasteiger partial charge in [0, 0.05) is 51.8 Å². The van der Waals surface area contributed by atoms with Gasteiger partial charge in [-0.05, 0) is 71.1 Å². The van der Waals surface area contributed by atoms with E-state index in [1.54, 1.807) is 6.20 Å². The Labute approximate surface area is 165 Å². The van der Waals surface area contributed by atoms with Crippen molar-refractivity contribution in [3.05, 3.63) is 87.4 Å². The van der Waals surface area contributed by atoms with Crippen molar-refractivity contribution >= 4 is 27.0 Å². The van der Waals surface area contributed by atoms with Crippen LogP contribution in [-0.2, 0) is 19.3 Å². The van der Waals surface area contributed by atoms with Crippen LogP contribution in [0.3, 0.4) is 0 Å². The lowest BCUT2D eigenvalue weighted by Crippen LogP contribution is -2.02. The van der Waals surface area contributed by atoms with Gasteiger partial charge in [0.25, 0.3) is 0 Å². The summed E-state index contributed by atoms with van der Waals surface area (Å²) in [6, 6.07) is 9.71. The molecule has 0 radical (unpaired) electrons. The first-order chi connectivity index (χ1) is 13.1. The van der Waals surface area contributed by atoms with Crippen molar-refractivity contribution in [2.75, 3.05) is 0 Å². The fourth-order valence-electron chi connectivity index (χ4n) is 3.10. The van der Waals surface area contributed by atoms with E-state index in [9.17, 15) is 4.39 Å². The zero-order valence-corrected chi connectivity index (χ0v) is 16.4. The van der Waals surface area contributed by atoms with Gasteiger partial charge in [0.05, 0.1) is 0 Å². The van der Waals surface area contributed by atoms with Gasteiger partial charge in [0.2, 0.25) is 5.95 Å². The molecule has 0 saturated heterocycles. The number of hydrogen-bond acceptors (Lipinski definition) is 3. The van der Waals surface area contributed by atoms with E-state index in [4.69, 9.17) is 0 Å². The fourth-order valence-corrected chi connectivity index (χ4v) is 3.33. The van der Waals surface area contributed by atoms with E-state index >= 15 is 0 Å². The molecule has 4 rings (SSSR count). The highest BCUT2D eigenvalue weighted by molar-refractivity contribution is 9.10. The average molecular weight is 425 g/mol. The third kappa shape index (κ3) is 4.06. The number of aryl methyl sites for hydroxylation is 3. The van der Waals surface area contributed by atoms with Crippen LogP contribution < -0.4 is 0 Å². The van der Waals surface area contributed by atoms with Gasteiger partial charge in [-0.25, -0.2) is 9.97 Å². The van der Waals surface area contributed by atoms with Crippen molar-refractivity contribution in [3.8, 4) is 0 Å². The second-order valence-corrected chi connectivity index (χ2v) is 7.54. The van der Waals surface area contributed by atoms with Crippen LogP contribution in [0.4, 0.5) is 4.39 Å². The monoisotopic (exact) mass is 424 g/mol. The van der Waals surface area contributed by atoms with Crippen LogP contribution in [0.15, 0.2) is 53.4 Å². The SMILES string of the molecule is Cc1cnc2[nH]cc(Cc3ccc(CCc4ccc(Br)cn4)nc3F)c2c1. The van der Waals surface area contributed by atoms with Crippen LogP contribution in [-0.4, -0.2) is 19.9 Å². The molecule has 0 bridgehead atoms. The van der Waals surface area contributed by atoms with Crippen LogP contribution >= 0.6 is 15.9 Å².